The van der Waals surface area contributed by atoms with Gasteiger partial charge < -0.3 is 0 Å². The topological polar surface area (TPSA) is 17.1 Å². The highest BCUT2D eigenvalue weighted by molar-refractivity contribution is 7.81. The highest BCUT2D eigenvalue weighted by atomic mass is 32.1. The molecule has 2 aliphatic rings. The molecular weight excluding hydrogens is 168 g/mol. The van der Waals surface area contributed by atoms with Crippen molar-refractivity contribution in [3.05, 3.63) is 0 Å². The first-order valence-electron chi connectivity index (χ1n) is 4.63. The molecule has 2 fully saturated rings. The van der Waals surface area contributed by atoms with Crippen molar-refractivity contribution in [1.29, 1.82) is 0 Å². The van der Waals surface area contributed by atoms with E-state index in [1.807, 2.05) is 0 Å². The minimum absolute atomic E-state index is 0.0127. The van der Waals surface area contributed by atoms with Crippen LogP contribution in [0.2, 0.25) is 0 Å². The standard InChI is InChI=1S/C10H16OS/c1-9(2)6-4-5-10(9,3)8(11)7(6)12/h6-7,12H,4-5H2,1-3H3. The average molecular weight is 184 g/mol. The van der Waals surface area contributed by atoms with Gasteiger partial charge in [0.05, 0.1) is 5.25 Å². The molecule has 3 unspecified atom stereocenters. The molecule has 68 valence electrons. The molecule has 0 spiro atoms. The summed E-state index contributed by atoms with van der Waals surface area (Å²) in [6.07, 6.45) is 2.25. The maximum Gasteiger partial charge on any atom is 0.152 e. The summed E-state index contributed by atoms with van der Waals surface area (Å²) in [6, 6.07) is 0. The summed E-state index contributed by atoms with van der Waals surface area (Å²) in [5, 5.41) is 0.0127. The zero-order valence-electron chi connectivity index (χ0n) is 7.92. The molecular formula is C10H16OS. The summed E-state index contributed by atoms with van der Waals surface area (Å²) in [5.74, 6) is 0.894. The minimum Gasteiger partial charge on any atom is -0.298 e. The predicted molar refractivity (Wildman–Crippen MR) is 52.4 cm³/mol. The van der Waals surface area contributed by atoms with Gasteiger partial charge in [0, 0.05) is 5.41 Å². The third-order valence-electron chi connectivity index (χ3n) is 4.50. The molecule has 0 aromatic rings. The molecule has 2 saturated carbocycles. The molecule has 0 radical (unpaired) electrons. The van der Waals surface area contributed by atoms with Gasteiger partial charge in [0.15, 0.2) is 5.78 Å². The predicted octanol–water partition coefficient (Wildman–Crippen LogP) is 2.31. The van der Waals surface area contributed by atoms with Crippen LogP contribution < -0.4 is 0 Å². The van der Waals surface area contributed by atoms with Crippen LogP contribution in [-0.2, 0) is 4.79 Å². The Hall–Kier alpha value is 0.0200. The first-order chi connectivity index (χ1) is 5.41. The summed E-state index contributed by atoms with van der Waals surface area (Å²) >= 11 is 4.41. The lowest BCUT2D eigenvalue weighted by atomic mass is 9.70. The van der Waals surface area contributed by atoms with E-state index in [-0.39, 0.29) is 16.1 Å². The highest BCUT2D eigenvalue weighted by Gasteiger charge is 2.65. The van der Waals surface area contributed by atoms with Crippen molar-refractivity contribution in [3.63, 3.8) is 0 Å². The molecule has 0 aromatic heterocycles. The summed E-state index contributed by atoms with van der Waals surface area (Å²) in [6.45, 7) is 6.56. The fraction of sp³-hybridized carbons (Fsp3) is 0.900. The van der Waals surface area contributed by atoms with Crippen LogP contribution in [-0.4, -0.2) is 11.0 Å². The fourth-order valence-electron chi connectivity index (χ4n) is 3.04. The Labute approximate surface area is 79.3 Å². The second-order valence-electron chi connectivity index (χ2n) is 5.01. The van der Waals surface area contributed by atoms with E-state index in [1.165, 1.54) is 6.42 Å². The Bertz CT molecular complexity index is 246. The lowest BCUT2D eigenvalue weighted by Gasteiger charge is -2.32. The largest absolute Gasteiger partial charge is 0.298 e. The highest BCUT2D eigenvalue weighted by Crippen LogP contribution is 2.64. The molecule has 2 aliphatic carbocycles. The van der Waals surface area contributed by atoms with Crippen molar-refractivity contribution in [1.82, 2.24) is 0 Å². The van der Waals surface area contributed by atoms with Crippen LogP contribution in [0.3, 0.4) is 0 Å². The van der Waals surface area contributed by atoms with E-state index in [1.54, 1.807) is 0 Å². The lowest BCUT2D eigenvalue weighted by molar-refractivity contribution is -0.127. The van der Waals surface area contributed by atoms with Crippen molar-refractivity contribution < 1.29 is 4.79 Å². The second kappa shape index (κ2) is 2.09. The van der Waals surface area contributed by atoms with Crippen LogP contribution in [0.4, 0.5) is 0 Å². The average Bonchev–Trinajstić information content (AvgIpc) is 2.26. The molecule has 0 N–H and O–H groups in total. The van der Waals surface area contributed by atoms with E-state index < -0.39 is 0 Å². The Kier molecular flexibility index (Phi) is 1.50. The zero-order chi connectivity index (χ0) is 9.15. The van der Waals surface area contributed by atoms with E-state index in [2.05, 4.69) is 33.4 Å². The van der Waals surface area contributed by atoms with Gasteiger partial charge in [-0.2, -0.15) is 12.6 Å². The van der Waals surface area contributed by atoms with E-state index in [0.717, 1.165) is 6.42 Å². The summed E-state index contributed by atoms with van der Waals surface area (Å²) in [7, 11) is 0. The van der Waals surface area contributed by atoms with Crippen molar-refractivity contribution in [2.75, 3.05) is 0 Å². The minimum atomic E-state index is -0.0793. The Morgan fingerprint density at radius 2 is 2.00 bits per heavy atom. The molecule has 0 aromatic carbocycles. The lowest BCUT2D eigenvalue weighted by Crippen LogP contribution is -2.33. The molecule has 0 amide bonds. The number of Topliss-reactive ketones (excluding diaryl/α,β-unsaturated/α-hetero) is 1. The van der Waals surface area contributed by atoms with Gasteiger partial charge in [-0.3, -0.25) is 4.79 Å². The molecule has 0 heterocycles. The SMILES string of the molecule is CC12CCC(C(S)C1=O)C2(C)C. The first kappa shape index (κ1) is 8.61. The van der Waals surface area contributed by atoms with Gasteiger partial charge in [0.25, 0.3) is 0 Å². The normalized spacial score (nSPS) is 50.2. The van der Waals surface area contributed by atoms with Crippen LogP contribution in [0.5, 0.6) is 0 Å². The van der Waals surface area contributed by atoms with E-state index in [0.29, 0.717) is 11.7 Å². The fourth-order valence-corrected chi connectivity index (χ4v) is 3.85. The maximum absolute atomic E-state index is 11.8. The van der Waals surface area contributed by atoms with Gasteiger partial charge in [0.2, 0.25) is 0 Å². The van der Waals surface area contributed by atoms with Crippen molar-refractivity contribution in [2.24, 2.45) is 16.7 Å². The molecule has 12 heavy (non-hydrogen) atoms. The molecule has 1 nitrogen and oxygen atoms in total. The Morgan fingerprint density at radius 3 is 2.25 bits per heavy atom. The van der Waals surface area contributed by atoms with E-state index >= 15 is 0 Å². The summed E-state index contributed by atoms with van der Waals surface area (Å²) < 4.78 is 0. The van der Waals surface area contributed by atoms with Gasteiger partial charge >= 0.3 is 0 Å². The summed E-state index contributed by atoms with van der Waals surface area (Å²) in [4.78, 5) is 11.8. The second-order valence-corrected chi connectivity index (χ2v) is 5.56. The van der Waals surface area contributed by atoms with Crippen LogP contribution in [0.1, 0.15) is 33.6 Å². The van der Waals surface area contributed by atoms with Gasteiger partial charge in [-0.15, -0.1) is 0 Å². The molecule has 2 bridgehead atoms. The third-order valence-corrected chi connectivity index (χ3v) is 5.09. The van der Waals surface area contributed by atoms with E-state index in [9.17, 15) is 4.79 Å². The number of carbonyl (C=O) groups is 1. The van der Waals surface area contributed by atoms with Crippen molar-refractivity contribution >= 4 is 18.4 Å². The first-order valence-corrected chi connectivity index (χ1v) is 5.15. The maximum atomic E-state index is 11.8. The molecule has 0 saturated heterocycles. The number of hydrogen-bond donors (Lipinski definition) is 1. The van der Waals surface area contributed by atoms with Gasteiger partial charge in [-0.05, 0) is 24.2 Å². The molecule has 2 rings (SSSR count). The Balaban J connectivity index is 2.50. The zero-order valence-corrected chi connectivity index (χ0v) is 8.82. The van der Waals surface area contributed by atoms with Crippen LogP contribution in [0, 0.1) is 16.7 Å². The van der Waals surface area contributed by atoms with Crippen LogP contribution >= 0.6 is 12.6 Å². The smallest absolute Gasteiger partial charge is 0.152 e. The van der Waals surface area contributed by atoms with Gasteiger partial charge in [-0.25, -0.2) is 0 Å². The van der Waals surface area contributed by atoms with E-state index in [4.69, 9.17) is 0 Å². The number of rotatable bonds is 0. The molecule has 3 atom stereocenters. The summed E-state index contributed by atoms with van der Waals surface area (Å²) in [5.41, 5.74) is 0.0978. The van der Waals surface area contributed by atoms with Crippen LogP contribution in [0.15, 0.2) is 0 Å². The number of thiol groups is 1. The monoisotopic (exact) mass is 184 g/mol. The molecule has 2 heteroatoms. The number of hydrogen-bond acceptors (Lipinski definition) is 2. The van der Waals surface area contributed by atoms with Gasteiger partial charge in [-0.1, -0.05) is 20.8 Å². The quantitative estimate of drug-likeness (QED) is 0.572. The third kappa shape index (κ3) is 0.665. The van der Waals surface area contributed by atoms with Gasteiger partial charge in [0.1, 0.15) is 0 Å². The number of carbonyl (C=O) groups excluding carboxylic acids is 1. The van der Waals surface area contributed by atoms with Crippen molar-refractivity contribution in [2.45, 2.75) is 38.9 Å². The number of ketones is 1. The number of fused-ring (bicyclic) bond motifs is 2. The molecule has 0 aliphatic heterocycles. The van der Waals surface area contributed by atoms with Crippen LogP contribution in [0.25, 0.3) is 0 Å². The van der Waals surface area contributed by atoms with Crippen molar-refractivity contribution in [3.8, 4) is 0 Å². The Morgan fingerprint density at radius 1 is 1.42 bits per heavy atom.